The molecule has 82 valence electrons. The summed E-state index contributed by atoms with van der Waals surface area (Å²) in [5.74, 6) is -3.09. The second-order valence-corrected chi connectivity index (χ2v) is 4.50. The van der Waals surface area contributed by atoms with Crippen LogP contribution < -0.4 is 5.32 Å². The maximum Gasteiger partial charge on any atom is 0.263 e. The van der Waals surface area contributed by atoms with E-state index in [9.17, 15) is 8.78 Å². The van der Waals surface area contributed by atoms with Gasteiger partial charge in [0.25, 0.3) is 5.92 Å². The van der Waals surface area contributed by atoms with Crippen LogP contribution in [0.4, 0.5) is 8.78 Å². The highest BCUT2D eigenvalue weighted by molar-refractivity contribution is 5.40. The average Bonchev–Trinajstić information content (AvgIpc) is 2.56. The first-order chi connectivity index (χ1) is 7.09. The van der Waals surface area contributed by atoms with Crippen molar-refractivity contribution in [3.05, 3.63) is 18.0 Å². The number of hydrogen-bond acceptors (Lipinski definition) is 2. The van der Waals surface area contributed by atoms with E-state index in [1.54, 1.807) is 24.1 Å². The molecule has 15 heavy (non-hydrogen) atoms. The molecule has 2 fully saturated rings. The Labute approximate surface area is 86.5 Å². The number of nitrogens with zero attached hydrogens (tertiary/aromatic N) is 2. The van der Waals surface area contributed by atoms with E-state index in [-0.39, 0.29) is 0 Å². The number of hydrogen-bond donors (Lipinski definition) is 1. The Kier molecular flexibility index (Phi) is 1.60. The van der Waals surface area contributed by atoms with E-state index in [4.69, 9.17) is 0 Å². The Morgan fingerprint density at radius 3 is 3.00 bits per heavy atom. The average molecular weight is 213 g/mol. The molecular formula is C10H13F2N3. The van der Waals surface area contributed by atoms with E-state index in [1.807, 2.05) is 0 Å². The molecule has 0 spiro atoms. The molecule has 0 bridgehead atoms. The fraction of sp³-hybridized carbons (Fsp3) is 0.700. The third kappa shape index (κ3) is 0.942. The van der Waals surface area contributed by atoms with E-state index in [2.05, 4.69) is 10.4 Å². The van der Waals surface area contributed by atoms with Crippen molar-refractivity contribution in [1.29, 1.82) is 0 Å². The van der Waals surface area contributed by atoms with Crippen LogP contribution in [0, 0.1) is 5.92 Å². The van der Waals surface area contributed by atoms with Gasteiger partial charge >= 0.3 is 0 Å². The van der Waals surface area contributed by atoms with E-state index in [1.165, 1.54) is 0 Å². The molecule has 1 saturated heterocycles. The number of fused-ring (bicyclic) bond motifs is 1. The summed E-state index contributed by atoms with van der Waals surface area (Å²) < 4.78 is 29.1. The first kappa shape index (κ1) is 9.27. The summed E-state index contributed by atoms with van der Waals surface area (Å²) in [6.07, 6.45) is 3.81. The molecule has 2 heterocycles. The second-order valence-electron chi connectivity index (χ2n) is 4.50. The number of aryl methyl sites for hydroxylation is 1. The van der Waals surface area contributed by atoms with Gasteiger partial charge in [0.15, 0.2) is 0 Å². The van der Waals surface area contributed by atoms with Crippen molar-refractivity contribution in [2.24, 2.45) is 13.0 Å². The summed E-state index contributed by atoms with van der Waals surface area (Å²) in [7, 11) is 1.76. The molecule has 1 saturated carbocycles. The van der Waals surface area contributed by atoms with Crippen molar-refractivity contribution in [3.63, 3.8) is 0 Å². The highest BCUT2D eigenvalue weighted by Crippen LogP contribution is 2.69. The van der Waals surface area contributed by atoms with Crippen LogP contribution in [0.2, 0.25) is 0 Å². The molecule has 1 aromatic rings. The number of nitrogens with one attached hydrogen (secondary N) is 1. The summed E-state index contributed by atoms with van der Waals surface area (Å²) in [5.41, 5.74) is -0.228. The number of rotatable bonds is 1. The van der Waals surface area contributed by atoms with E-state index in [0.29, 0.717) is 25.1 Å². The second kappa shape index (κ2) is 2.58. The fourth-order valence-electron chi connectivity index (χ4n) is 2.90. The standard InChI is InChI=1S/C10H13F2N3/c1-15-6-7(4-14-15)9-2-3-13-5-8(9)10(9,11)12/h4,6,8,13H,2-3,5H2,1H3/t8-,9+/m0/s1. The third-order valence-corrected chi connectivity index (χ3v) is 3.81. The maximum atomic E-state index is 13.8. The van der Waals surface area contributed by atoms with Gasteiger partial charge in [-0.25, -0.2) is 8.78 Å². The number of halogens is 2. The molecule has 1 aliphatic heterocycles. The fourth-order valence-corrected chi connectivity index (χ4v) is 2.90. The third-order valence-electron chi connectivity index (χ3n) is 3.81. The molecule has 5 heteroatoms. The molecule has 3 nitrogen and oxygen atoms in total. The van der Waals surface area contributed by atoms with Gasteiger partial charge in [-0.05, 0) is 13.0 Å². The maximum absolute atomic E-state index is 13.8. The van der Waals surface area contributed by atoms with Crippen molar-refractivity contribution in [2.75, 3.05) is 13.1 Å². The lowest BCUT2D eigenvalue weighted by Crippen LogP contribution is -2.31. The van der Waals surface area contributed by atoms with Crippen LogP contribution in [0.5, 0.6) is 0 Å². The van der Waals surface area contributed by atoms with Crippen molar-refractivity contribution in [3.8, 4) is 0 Å². The van der Waals surface area contributed by atoms with Crippen LogP contribution in [0.3, 0.4) is 0 Å². The molecule has 2 atom stereocenters. The van der Waals surface area contributed by atoms with Crippen molar-refractivity contribution >= 4 is 0 Å². The molecule has 0 radical (unpaired) electrons. The van der Waals surface area contributed by atoms with Gasteiger partial charge in [-0.15, -0.1) is 0 Å². The van der Waals surface area contributed by atoms with Gasteiger partial charge in [0.2, 0.25) is 0 Å². The Hall–Kier alpha value is -0.970. The van der Waals surface area contributed by atoms with Gasteiger partial charge in [-0.3, -0.25) is 4.68 Å². The largest absolute Gasteiger partial charge is 0.316 e. The normalized spacial score (nSPS) is 37.4. The minimum absolute atomic E-state index is 0.419. The molecule has 1 N–H and O–H groups in total. The quantitative estimate of drug-likeness (QED) is 0.751. The minimum Gasteiger partial charge on any atom is -0.316 e. The van der Waals surface area contributed by atoms with Crippen molar-refractivity contribution < 1.29 is 8.78 Å². The zero-order valence-electron chi connectivity index (χ0n) is 8.50. The van der Waals surface area contributed by atoms with Crippen LogP contribution in [0.25, 0.3) is 0 Å². The van der Waals surface area contributed by atoms with E-state index >= 15 is 0 Å². The number of aromatic nitrogens is 2. The Morgan fingerprint density at radius 2 is 2.40 bits per heavy atom. The summed E-state index contributed by atoms with van der Waals surface area (Å²) in [4.78, 5) is 0. The summed E-state index contributed by atoms with van der Waals surface area (Å²) >= 11 is 0. The molecule has 0 unspecified atom stereocenters. The first-order valence-corrected chi connectivity index (χ1v) is 5.17. The monoisotopic (exact) mass is 213 g/mol. The molecule has 1 aromatic heterocycles. The summed E-state index contributed by atoms with van der Waals surface area (Å²) in [6, 6.07) is 0. The van der Waals surface area contributed by atoms with Gasteiger partial charge in [0.1, 0.15) is 0 Å². The molecule has 1 aliphatic carbocycles. The van der Waals surface area contributed by atoms with Crippen LogP contribution in [0.15, 0.2) is 12.4 Å². The molecule has 3 rings (SSSR count). The lowest BCUT2D eigenvalue weighted by atomic mass is 9.90. The summed E-state index contributed by atoms with van der Waals surface area (Å²) in [5, 5.41) is 7.02. The van der Waals surface area contributed by atoms with Gasteiger partial charge in [-0.1, -0.05) is 0 Å². The Morgan fingerprint density at radius 1 is 1.60 bits per heavy atom. The van der Waals surface area contributed by atoms with Crippen molar-refractivity contribution in [1.82, 2.24) is 15.1 Å². The van der Waals surface area contributed by atoms with Crippen LogP contribution in [0.1, 0.15) is 12.0 Å². The lowest BCUT2D eigenvalue weighted by molar-refractivity contribution is 0.0781. The van der Waals surface area contributed by atoms with Crippen LogP contribution in [-0.2, 0) is 12.5 Å². The van der Waals surface area contributed by atoms with Crippen molar-refractivity contribution in [2.45, 2.75) is 17.8 Å². The van der Waals surface area contributed by atoms with Gasteiger partial charge < -0.3 is 5.32 Å². The first-order valence-electron chi connectivity index (χ1n) is 5.17. The molecule has 2 aliphatic rings. The van der Waals surface area contributed by atoms with Crippen LogP contribution >= 0.6 is 0 Å². The zero-order valence-corrected chi connectivity index (χ0v) is 8.50. The molecule has 0 aromatic carbocycles. The summed E-state index contributed by atoms with van der Waals surface area (Å²) in [6.45, 7) is 1.09. The van der Waals surface area contributed by atoms with Crippen LogP contribution in [-0.4, -0.2) is 28.8 Å². The predicted molar refractivity (Wildman–Crippen MR) is 50.8 cm³/mol. The van der Waals surface area contributed by atoms with E-state index in [0.717, 1.165) is 0 Å². The minimum atomic E-state index is -2.56. The topological polar surface area (TPSA) is 29.9 Å². The lowest BCUT2D eigenvalue weighted by Gasteiger charge is -2.19. The van der Waals surface area contributed by atoms with Gasteiger partial charge in [-0.2, -0.15) is 5.10 Å². The van der Waals surface area contributed by atoms with Gasteiger partial charge in [0.05, 0.1) is 17.5 Å². The highest BCUT2D eigenvalue weighted by Gasteiger charge is 2.81. The Balaban J connectivity index is 2.03. The molecular weight excluding hydrogens is 200 g/mol. The number of alkyl halides is 2. The molecule has 0 amide bonds. The Bertz CT molecular complexity index is 401. The smallest absolute Gasteiger partial charge is 0.263 e. The zero-order chi connectivity index (χ0) is 10.7. The van der Waals surface area contributed by atoms with E-state index < -0.39 is 17.3 Å². The highest BCUT2D eigenvalue weighted by atomic mass is 19.3. The predicted octanol–water partition coefficient (Wildman–Crippen LogP) is 0.916. The number of piperidine rings is 1. The van der Waals surface area contributed by atoms with Gasteiger partial charge in [0, 0.05) is 25.4 Å². The SMILES string of the molecule is Cn1cc([C@]23CCNC[C@@H]2C3(F)F)cn1.